The zero-order chi connectivity index (χ0) is 15.9. The van der Waals surface area contributed by atoms with Crippen molar-refractivity contribution in [1.29, 1.82) is 0 Å². The lowest BCUT2D eigenvalue weighted by Crippen LogP contribution is -2.31. The summed E-state index contributed by atoms with van der Waals surface area (Å²) >= 11 is 0. The van der Waals surface area contributed by atoms with Gasteiger partial charge in [-0.05, 0) is 44.9 Å². The maximum atomic E-state index is 12.9. The number of amides is 1. The van der Waals surface area contributed by atoms with E-state index < -0.39 is 21.1 Å². The van der Waals surface area contributed by atoms with Crippen LogP contribution < -0.4 is 10.0 Å². The van der Waals surface area contributed by atoms with Crippen LogP contribution >= 0.6 is 0 Å². The van der Waals surface area contributed by atoms with Crippen molar-refractivity contribution in [3.05, 3.63) is 30.1 Å². The minimum atomic E-state index is -3.24. The van der Waals surface area contributed by atoms with E-state index in [0.29, 0.717) is 25.1 Å². The van der Waals surface area contributed by atoms with Crippen molar-refractivity contribution < 1.29 is 17.6 Å². The number of benzene rings is 1. The fraction of sp³-hybridized carbons (Fsp3) is 0.500. The van der Waals surface area contributed by atoms with Gasteiger partial charge in [0.15, 0.2) is 0 Å². The van der Waals surface area contributed by atoms with Crippen molar-refractivity contribution in [2.24, 2.45) is 0 Å². The Kier molecular flexibility index (Phi) is 6.77. The molecule has 0 spiro atoms. The smallest absolute Gasteiger partial charge is 0.224 e. The van der Waals surface area contributed by atoms with Crippen LogP contribution in [0, 0.1) is 5.82 Å². The van der Waals surface area contributed by atoms with Crippen LogP contribution in [0.4, 0.5) is 10.1 Å². The molecule has 0 heterocycles. The summed E-state index contributed by atoms with van der Waals surface area (Å²) in [5, 5.41) is 2.13. The highest BCUT2D eigenvalue weighted by Crippen LogP contribution is 2.10. The summed E-state index contributed by atoms with van der Waals surface area (Å²) in [6.45, 7) is 3.53. The molecule has 21 heavy (non-hydrogen) atoms. The van der Waals surface area contributed by atoms with E-state index in [1.54, 1.807) is 19.9 Å². The highest BCUT2D eigenvalue weighted by atomic mass is 32.2. The first-order chi connectivity index (χ1) is 9.81. The van der Waals surface area contributed by atoms with Crippen molar-refractivity contribution in [2.45, 2.75) is 38.4 Å². The molecule has 2 N–H and O–H groups in total. The van der Waals surface area contributed by atoms with Crippen molar-refractivity contribution in [2.75, 3.05) is 11.9 Å². The fourth-order valence-corrected chi connectivity index (χ4v) is 2.34. The van der Waals surface area contributed by atoms with Crippen molar-refractivity contribution in [3.8, 4) is 0 Å². The average Bonchev–Trinajstić information content (AvgIpc) is 2.38. The monoisotopic (exact) mass is 316 g/mol. The summed E-state index contributed by atoms with van der Waals surface area (Å²) in [5.74, 6) is -0.622. The number of hydrogen-bond acceptors (Lipinski definition) is 3. The molecule has 5 nitrogen and oxygen atoms in total. The largest absolute Gasteiger partial charge is 0.326 e. The van der Waals surface area contributed by atoms with Gasteiger partial charge >= 0.3 is 0 Å². The van der Waals surface area contributed by atoms with Gasteiger partial charge in [0.25, 0.3) is 0 Å². The van der Waals surface area contributed by atoms with Gasteiger partial charge in [0.2, 0.25) is 15.9 Å². The Hall–Kier alpha value is -1.47. The first-order valence-electron chi connectivity index (χ1n) is 6.85. The van der Waals surface area contributed by atoms with Crippen LogP contribution in [0.5, 0.6) is 0 Å². The second-order valence-corrected chi connectivity index (χ2v) is 7.33. The first kappa shape index (κ1) is 17.6. The summed E-state index contributed by atoms with van der Waals surface area (Å²) in [7, 11) is -3.24. The highest BCUT2D eigenvalue weighted by molar-refractivity contribution is 7.90. The molecule has 7 heteroatoms. The molecule has 0 fully saturated rings. The Bertz CT molecular complexity index is 573. The van der Waals surface area contributed by atoms with Crippen LogP contribution in [0.3, 0.4) is 0 Å². The third-order valence-corrected chi connectivity index (χ3v) is 4.71. The molecule has 0 saturated heterocycles. The van der Waals surface area contributed by atoms with Crippen LogP contribution in [0.1, 0.15) is 33.1 Å². The number of hydrogen-bond donors (Lipinski definition) is 2. The minimum absolute atomic E-state index is 0.215. The molecule has 0 aliphatic heterocycles. The van der Waals surface area contributed by atoms with Crippen LogP contribution in [-0.4, -0.2) is 26.1 Å². The third kappa shape index (κ3) is 6.68. The molecule has 118 valence electrons. The summed E-state index contributed by atoms with van der Waals surface area (Å²) in [6, 6.07) is 5.68. The van der Waals surface area contributed by atoms with Crippen LogP contribution in [0.15, 0.2) is 24.3 Å². The van der Waals surface area contributed by atoms with Crippen molar-refractivity contribution in [1.82, 2.24) is 4.72 Å². The summed E-state index contributed by atoms with van der Waals surface area (Å²) in [5.41, 5.74) is 0.417. The number of anilines is 1. The van der Waals surface area contributed by atoms with Gasteiger partial charge in [0.05, 0.1) is 5.25 Å². The Labute approximate surface area is 125 Å². The highest BCUT2D eigenvalue weighted by Gasteiger charge is 2.14. The molecule has 1 aromatic carbocycles. The van der Waals surface area contributed by atoms with Gasteiger partial charge in [-0.25, -0.2) is 17.5 Å². The predicted octanol–water partition coefficient (Wildman–Crippen LogP) is 2.26. The van der Waals surface area contributed by atoms with Crippen molar-refractivity contribution in [3.63, 3.8) is 0 Å². The molecule has 0 aromatic heterocycles. The predicted molar refractivity (Wildman–Crippen MR) is 80.9 cm³/mol. The normalized spacial score (nSPS) is 11.6. The molecule has 0 aliphatic carbocycles. The first-order valence-corrected chi connectivity index (χ1v) is 8.40. The lowest BCUT2D eigenvalue weighted by molar-refractivity contribution is -0.116. The van der Waals surface area contributed by atoms with E-state index in [-0.39, 0.29) is 12.3 Å². The van der Waals surface area contributed by atoms with E-state index >= 15 is 0 Å². The van der Waals surface area contributed by atoms with Gasteiger partial charge in [-0.1, -0.05) is 6.07 Å². The van der Waals surface area contributed by atoms with Crippen molar-refractivity contribution >= 4 is 21.6 Å². The number of halogens is 1. The van der Waals surface area contributed by atoms with E-state index in [1.807, 2.05) is 0 Å². The van der Waals surface area contributed by atoms with Gasteiger partial charge < -0.3 is 5.32 Å². The number of nitrogens with one attached hydrogen (secondary N) is 2. The molecular formula is C14H21FN2O3S. The summed E-state index contributed by atoms with van der Waals surface area (Å²) in [6.07, 6.45) is 1.39. The van der Waals surface area contributed by atoms with E-state index in [0.717, 1.165) is 0 Å². The zero-order valence-corrected chi connectivity index (χ0v) is 13.0. The molecule has 0 aliphatic rings. The van der Waals surface area contributed by atoms with Crippen LogP contribution in [-0.2, 0) is 14.8 Å². The van der Waals surface area contributed by atoms with Gasteiger partial charge in [-0.2, -0.15) is 0 Å². The molecule has 1 rings (SSSR count). The molecule has 0 bridgehead atoms. The van der Waals surface area contributed by atoms with E-state index in [9.17, 15) is 17.6 Å². The second kappa shape index (κ2) is 8.09. The summed E-state index contributed by atoms with van der Waals surface area (Å²) in [4.78, 5) is 11.6. The second-order valence-electron chi connectivity index (χ2n) is 5.00. The zero-order valence-electron chi connectivity index (χ0n) is 12.2. The molecule has 0 saturated carbocycles. The number of rotatable bonds is 8. The maximum Gasteiger partial charge on any atom is 0.224 e. The van der Waals surface area contributed by atoms with Gasteiger partial charge in [0.1, 0.15) is 5.82 Å². The minimum Gasteiger partial charge on any atom is -0.326 e. The number of carbonyl (C=O) groups is 1. The topological polar surface area (TPSA) is 75.3 Å². The maximum absolute atomic E-state index is 12.9. The van der Waals surface area contributed by atoms with E-state index in [4.69, 9.17) is 0 Å². The molecule has 0 atom stereocenters. The Morgan fingerprint density at radius 1 is 1.29 bits per heavy atom. The van der Waals surface area contributed by atoms with E-state index in [2.05, 4.69) is 10.0 Å². The summed E-state index contributed by atoms with van der Waals surface area (Å²) < 4.78 is 38.4. The van der Waals surface area contributed by atoms with Crippen LogP contribution in [0.2, 0.25) is 0 Å². The average molecular weight is 316 g/mol. The fourth-order valence-electron chi connectivity index (χ4n) is 1.58. The standard InChI is InChI=1S/C14H21FN2O3S/c1-11(2)21(19,20)16-9-4-3-8-14(18)17-13-7-5-6-12(15)10-13/h5-7,10-11,16H,3-4,8-9H2,1-2H3,(H,17,18). The molecule has 1 amide bonds. The number of carbonyl (C=O) groups excluding carboxylic acids is 1. The lowest BCUT2D eigenvalue weighted by atomic mass is 10.2. The third-order valence-electron chi connectivity index (χ3n) is 2.86. The lowest BCUT2D eigenvalue weighted by Gasteiger charge is -2.09. The molecular weight excluding hydrogens is 295 g/mol. The SMILES string of the molecule is CC(C)S(=O)(=O)NCCCCC(=O)Nc1cccc(F)c1. The number of sulfonamides is 1. The van der Waals surface area contributed by atoms with Gasteiger partial charge in [-0.15, -0.1) is 0 Å². The Balaban J connectivity index is 2.23. The quantitative estimate of drug-likeness (QED) is 0.722. The van der Waals surface area contributed by atoms with Crippen LogP contribution in [0.25, 0.3) is 0 Å². The van der Waals surface area contributed by atoms with Gasteiger partial charge in [0, 0.05) is 18.7 Å². The molecule has 1 aromatic rings. The molecule has 0 unspecified atom stereocenters. The number of unbranched alkanes of at least 4 members (excludes halogenated alkanes) is 1. The van der Waals surface area contributed by atoms with E-state index in [1.165, 1.54) is 18.2 Å². The van der Waals surface area contributed by atoms with Gasteiger partial charge in [-0.3, -0.25) is 4.79 Å². The Morgan fingerprint density at radius 3 is 2.62 bits per heavy atom. The molecule has 0 radical (unpaired) electrons. The Morgan fingerprint density at radius 2 is 2.00 bits per heavy atom.